The van der Waals surface area contributed by atoms with Gasteiger partial charge in [0.15, 0.2) is 0 Å². The zero-order chi connectivity index (χ0) is 15.6. The van der Waals surface area contributed by atoms with E-state index in [4.69, 9.17) is 0 Å². The molecule has 0 spiro atoms. The zero-order valence-electron chi connectivity index (χ0n) is 12.8. The van der Waals surface area contributed by atoms with Crippen molar-refractivity contribution >= 4 is 10.0 Å². The topological polar surface area (TPSA) is 49.4 Å². The number of nitrogens with zero attached hydrogens (tertiary/aromatic N) is 1. The molecule has 1 aromatic carbocycles. The molecular weight excluding hydrogens is 291 g/mol. The molecule has 0 aliphatic carbocycles. The molecule has 1 unspecified atom stereocenters. The van der Waals surface area contributed by atoms with Gasteiger partial charge in [0.25, 0.3) is 0 Å². The Morgan fingerprint density at radius 1 is 1.43 bits per heavy atom. The average Bonchev–Trinajstić information content (AvgIpc) is 2.93. The molecule has 0 bridgehead atoms. The third kappa shape index (κ3) is 3.27. The smallest absolute Gasteiger partial charge is 0.243 e. The summed E-state index contributed by atoms with van der Waals surface area (Å²) in [4.78, 5) is 0.198. The van der Waals surface area contributed by atoms with Crippen LogP contribution in [-0.4, -0.2) is 32.9 Å². The molecule has 0 saturated carbocycles. The number of aryl methyl sites for hydroxylation is 1. The summed E-state index contributed by atoms with van der Waals surface area (Å²) in [6, 6.07) is 2.89. The van der Waals surface area contributed by atoms with E-state index in [1.54, 1.807) is 14.0 Å². The van der Waals surface area contributed by atoms with E-state index in [-0.39, 0.29) is 10.7 Å². The van der Waals surface area contributed by atoms with Crippen LogP contribution in [0.25, 0.3) is 0 Å². The molecule has 1 N–H and O–H groups in total. The Kier molecular flexibility index (Phi) is 5.01. The van der Waals surface area contributed by atoms with Crippen molar-refractivity contribution in [3.63, 3.8) is 0 Å². The van der Waals surface area contributed by atoms with Crippen molar-refractivity contribution in [1.82, 2.24) is 9.62 Å². The van der Waals surface area contributed by atoms with Crippen molar-refractivity contribution in [2.75, 3.05) is 20.1 Å². The van der Waals surface area contributed by atoms with E-state index in [1.165, 1.54) is 16.4 Å². The van der Waals surface area contributed by atoms with Gasteiger partial charge in [0.2, 0.25) is 10.0 Å². The minimum atomic E-state index is -3.52. The summed E-state index contributed by atoms with van der Waals surface area (Å²) < 4.78 is 40.9. The first-order valence-electron chi connectivity index (χ1n) is 7.34. The average molecular weight is 314 g/mol. The van der Waals surface area contributed by atoms with Crippen LogP contribution in [0.15, 0.2) is 17.0 Å². The molecule has 1 aliphatic rings. The van der Waals surface area contributed by atoms with Crippen LogP contribution >= 0.6 is 0 Å². The first kappa shape index (κ1) is 16.4. The molecule has 2 rings (SSSR count). The van der Waals surface area contributed by atoms with Crippen molar-refractivity contribution in [2.45, 2.75) is 38.1 Å². The van der Waals surface area contributed by atoms with Gasteiger partial charge >= 0.3 is 0 Å². The van der Waals surface area contributed by atoms with Crippen molar-refractivity contribution in [1.29, 1.82) is 0 Å². The fraction of sp³-hybridized carbons (Fsp3) is 0.600. The molecule has 1 atom stereocenters. The number of hydrogen-bond donors (Lipinski definition) is 1. The molecule has 4 nitrogen and oxygen atoms in total. The second-order valence-corrected chi connectivity index (χ2v) is 7.61. The summed E-state index contributed by atoms with van der Waals surface area (Å²) in [5.41, 5.74) is 0.759. The quantitative estimate of drug-likeness (QED) is 0.907. The van der Waals surface area contributed by atoms with Crippen LogP contribution in [0.4, 0.5) is 4.39 Å². The van der Waals surface area contributed by atoms with Gasteiger partial charge in [-0.3, -0.25) is 0 Å². The van der Waals surface area contributed by atoms with Gasteiger partial charge in [-0.1, -0.05) is 13.3 Å². The van der Waals surface area contributed by atoms with Crippen LogP contribution in [0.3, 0.4) is 0 Å². The number of benzene rings is 1. The van der Waals surface area contributed by atoms with Gasteiger partial charge in [0.1, 0.15) is 5.82 Å². The Balaban J connectivity index is 2.36. The number of rotatable bonds is 5. The van der Waals surface area contributed by atoms with Crippen LogP contribution in [0.5, 0.6) is 0 Å². The first-order valence-corrected chi connectivity index (χ1v) is 8.78. The second kappa shape index (κ2) is 6.42. The molecule has 0 amide bonds. The molecule has 1 saturated heterocycles. The van der Waals surface area contributed by atoms with Gasteiger partial charge in [-0.05, 0) is 44.0 Å². The number of nitrogens with one attached hydrogen (secondary N) is 1. The molecule has 1 aliphatic heterocycles. The molecule has 1 fully saturated rings. The Labute approximate surface area is 126 Å². The molecule has 21 heavy (non-hydrogen) atoms. The summed E-state index contributed by atoms with van der Waals surface area (Å²) in [5, 5.41) is 2.87. The lowest BCUT2D eigenvalue weighted by molar-refractivity contribution is 0.452. The van der Waals surface area contributed by atoms with E-state index in [9.17, 15) is 12.8 Å². The lowest BCUT2D eigenvalue weighted by atomic mass is 10.1. The summed E-state index contributed by atoms with van der Waals surface area (Å²) in [7, 11) is -1.81. The molecule has 6 heteroatoms. The zero-order valence-corrected chi connectivity index (χ0v) is 13.6. The van der Waals surface area contributed by atoms with E-state index < -0.39 is 10.0 Å². The maximum Gasteiger partial charge on any atom is 0.243 e. The fourth-order valence-corrected chi connectivity index (χ4v) is 4.44. The van der Waals surface area contributed by atoms with E-state index in [2.05, 4.69) is 12.2 Å². The molecule has 1 aromatic rings. The minimum absolute atomic E-state index is 0.198. The van der Waals surface area contributed by atoms with Crippen molar-refractivity contribution < 1.29 is 12.8 Å². The van der Waals surface area contributed by atoms with Crippen LogP contribution in [0.1, 0.15) is 30.9 Å². The van der Waals surface area contributed by atoms with Gasteiger partial charge in [-0.15, -0.1) is 0 Å². The monoisotopic (exact) mass is 314 g/mol. The Morgan fingerprint density at radius 3 is 2.71 bits per heavy atom. The van der Waals surface area contributed by atoms with E-state index >= 15 is 0 Å². The highest BCUT2D eigenvalue weighted by atomic mass is 32.2. The minimum Gasteiger partial charge on any atom is -0.316 e. The molecule has 1 heterocycles. The van der Waals surface area contributed by atoms with Gasteiger partial charge in [-0.2, -0.15) is 4.31 Å². The highest BCUT2D eigenvalue weighted by Gasteiger charge is 2.32. The number of sulfonamides is 1. The molecular formula is C15H23FN2O2S. The Bertz CT molecular complexity index is 616. The van der Waals surface area contributed by atoms with E-state index in [0.29, 0.717) is 36.7 Å². The van der Waals surface area contributed by atoms with Gasteiger partial charge in [-0.25, -0.2) is 12.8 Å². The molecule has 0 aromatic heterocycles. The normalized spacial score (nSPS) is 20.1. The first-order chi connectivity index (χ1) is 9.90. The number of hydrogen-bond acceptors (Lipinski definition) is 3. The summed E-state index contributed by atoms with van der Waals surface area (Å²) in [5.74, 6) is 0.0919. The lowest BCUT2D eigenvalue weighted by Gasteiger charge is -2.18. The lowest BCUT2D eigenvalue weighted by Crippen LogP contribution is -2.29. The Morgan fingerprint density at radius 2 is 2.14 bits per heavy atom. The maximum atomic E-state index is 14.0. The SMILES string of the molecule is CCC1CCN(S(=O)(=O)c2cc(C)c(F)c(CNC)c2)C1. The highest BCUT2D eigenvalue weighted by molar-refractivity contribution is 7.89. The predicted octanol–water partition coefficient (Wildman–Crippen LogP) is 2.27. The van der Waals surface area contributed by atoms with E-state index in [0.717, 1.165) is 12.8 Å². The third-order valence-corrected chi connectivity index (χ3v) is 5.98. The van der Waals surface area contributed by atoms with E-state index in [1.807, 2.05) is 0 Å². The standard InChI is InChI=1S/C15H23FN2O2S/c1-4-12-5-6-18(10-12)21(19,20)14-7-11(2)15(16)13(8-14)9-17-3/h7-8,12,17H,4-6,9-10H2,1-3H3. The van der Waals surface area contributed by atoms with Gasteiger partial charge in [0.05, 0.1) is 4.90 Å². The van der Waals surface area contributed by atoms with Crippen LogP contribution in [0.2, 0.25) is 0 Å². The predicted molar refractivity (Wildman–Crippen MR) is 81.1 cm³/mol. The largest absolute Gasteiger partial charge is 0.316 e. The Hall–Kier alpha value is -0.980. The van der Waals surface area contributed by atoms with Gasteiger partial charge < -0.3 is 5.32 Å². The van der Waals surface area contributed by atoms with Crippen molar-refractivity contribution in [3.8, 4) is 0 Å². The highest BCUT2D eigenvalue weighted by Crippen LogP contribution is 2.28. The van der Waals surface area contributed by atoms with Crippen LogP contribution < -0.4 is 5.32 Å². The van der Waals surface area contributed by atoms with Crippen LogP contribution in [0, 0.1) is 18.7 Å². The number of halogens is 1. The van der Waals surface area contributed by atoms with Gasteiger partial charge in [0, 0.05) is 25.2 Å². The second-order valence-electron chi connectivity index (χ2n) is 5.67. The van der Waals surface area contributed by atoms with Crippen LogP contribution in [-0.2, 0) is 16.6 Å². The summed E-state index contributed by atoms with van der Waals surface area (Å²) >= 11 is 0. The molecule has 0 radical (unpaired) electrons. The van der Waals surface area contributed by atoms with Crippen molar-refractivity contribution in [3.05, 3.63) is 29.1 Å². The summed E-state index contributed by atoms with van der Waals surface area (Å²) in [6.45, 7) is 5.11. The fourth-order valence-electron chi connectivity index (χ4n) is 2.77. The molecule has 118 valence electrons. The van der Waals surface area contributed by atoms with Crippen molar-refractivity contribution in [2.24, 2.45) is 5.92 Å². The third-order valence-electron chi connectivity index (χ3n) is 4.13. The maximum absolute atomic E-state index is 14.0. The summed E-state index contributed by atoms with van der Waals surface area (Å²) in [6.07, 6.45) is 1.89.